The maximum absolute atomic E-state index is 4.20. The maximum Gasteiger partial charge on any atom is 0.0523 e. The Hall–Kier alpha value is 0.700. The molecule has 0 radical (unpaired) electrons. The van der Waals surface area contributed by atoms with Crippen molar-refractivity contribution in [1.29, 1.82) is 0 Å². The van der Waals surface area contributed by atoms with Gasteiger partial charge in [-0.15, -0.1) is 0 Å². The molecule has 0 aliphatic rings. The van der Waals surface area contributed by atoms with Gasteiger partial charge in [0, 0.05) is 0 Å². The van der Waals surface area contributed by atoms with Gasteiger partial charge >= 0.3 is 0 Å². The van der Waals surface area contributed by atoms with Crippen LogP contribution in [-0.4, -0.2) is 4.08 Å². The van der Waals surface area contributed by atoms with Crippen LogP contribution in [0.1, 0.15) is 26.7 Å². The highest BCUT2D eigenvalue weighted by Crippen LogP contribution is 2.23. The molecule has 0 saturated carbocycles. The van der Waals surface area contributed by atoms with Gasteiger partial charge in [0.1, 0.15) is 0 Å². The molecule has 0 aromatic heterocycles. The van der Waals surface area contributed by atoms with Crippen LogP contribution in [0.25, 0.3) is 0 Å². The molecule has 0 N–H and O–H groups in total. The molecule has 0 rings (SSSR count). The third-order valence-corrected chi connectivity index (χ3v) is 1.17. The van der Waals surface area contributed by atoms with Crippen LogP contribution in [0.3, 0.4) is 0 Å². The van der Waals surface area contributed by atoms with E-state index in [-0.39, 0.29) is 4.08 Å². The Balaban J connectivity index is 3.15. The predicted molar refractivity (Wildman–Crippen MR) is 41.3 cm³/mol. The summed E-state index contributed by atoms with van der Waals surface area (Å²) in [4.78, 5) is 0. The molecule has 0 aromatic rings. The Morgan fingerprint density at radius 1 is 1.43 bits per heavy atom. The predicted octanol–water partition coefficient (Wildman–Crippen LogP) is 2.36. The Morgan fingerprint density at radius 2 is 1.86 bits per heavy atom. The average Bonchev–Trinajstić information content (AvgIpc) is 1.30. The first-order valence-corrected chi connectivity index (χ1v) is 3.40. The molecule has 0 fully saturated rings. The first kappa shape index (κ1) is 7.70. The first-order chi connectivity index (χ1) is 3.06. The van der Waals surface area contributed by atoms with Crippen LogP contribution in [0.2, 0.25) is 0 Å². The molecule has 0 aromatic carbocycles. The minimum Gasteiger partial charge on any atom is -0.162 e. The molecule has 0 atom stereocenters. The SMILES string of the molecule is CCCC(C)(S)S. The molecule has 0 unspecified atom stereocenters. The fourth-order valence-electron chi connectivity index (χ4n) is 0.474. The van der Waals surface area contributed by atoms with Crippen molar-refractivity contribution < 1.29 is 0 Å². The van der Waals surface area contributed by atoms with Crippen molar-refractivity contribution >= 4 is 25.3 Å². The lowest BCUT2D eigenvalue weighted by atomic mass is 10.3. The monoisotopic (exact) mass is 136 g/mol. The second kappa shape index (κ2) is 2.88. The summed E-state index contributed by atoms with van der Waals surface area (Å²) in [5.41, 5.74) is 0. The van der Waals surface area contributed by atoms with Gasteiger partial charge in [-0.2, -0.15) is 25.3 Å². The number of hydrogen-bond acceptors (Lipinski definition) is 2. The van der Waals surface area contributed by atoms with Crippen LogP contribution in [0.5, 0.6) is 0 Å². The molecule has 0 aliphatic carbocycles. The summed E-state index contributed by atoms with van der Waals surface area (Å²) in [5, 5.41) is 0. The zero-order valence-electron chi connectivity index (χ0n) is 4.81. The largest absolute Gasteiger partial charge is 0.162 e. The van der Waals surface area contributed by atoms with Crippen molar-refractivity contribution in [2.45, 2.75) is 30.8 Å². The van der Waals surface area contributed by atoms with E-state index in [4.69, 9.17) is 0 Å². The van der Waals surface area contributed by atoms with Gasteiger partial charge in [-0.25, -0.2) is 0 Å². The van der Waals surface area contributed by atoms with E-state index in [1.807, 2.05) is 6.92 Å². The van der Waals surface area contributed by atoms with E-state index >= 15 is 0 Å². The zero-order valence-corrected chi connectivity index (χ0v) is 6.60. The second-order valence-electron chi connectivity index (χ2n) is 1.97. The van der Waals surface area contributed by atoms with Crippen molar-refractivity contribution in [1.82, 2.24) is 0 Å². The molecule has 0 nitrogen and oxygen atoms in total. The van der Waals surface area contributed by atoms with Crippen molar-refractivity contribution in [3.8, 4) is 0 Å². The second-order valence-corrected chi connectivity index (χ2v) is 4.29. The van der Waals surface area contributed by atoms with Gasteiger partial charge in [-0.1, -0.05) is 13.3 Å². The quantitative estimate of drug-likeness (QED) is 0.422. The Labute approximate surface area is 56.5 Å². The summed E-state index contributed by atoms with van der Waals surface area (Å²) in [6.07, 6.45) is 2.22. The van der Waals surface area contributed by atoms with Gasteiger partial charge in [0.05, 0.1) is 4.08 Å². The highest BCUT2D eigenvalue weighted by molar-refractivity contribution is 8.00. The van der Waals surface area contributed by atoms with E-state index < -0.39 is 0 Å². The number of thiol groups is 2. The summed E-state index contributed by atoms with van der Waals surface area (Å²) in [6.45, 7) is 4.13. The highest BCUT2D eigenvalue weighted by atomic mass is 32.2. The lowest BCUT2D eigenvalue weighted by Crippen LogP contribution is -2.03. The zero-order chi connectivity index (χ0) is 5.91. The molecular weight excluding hydrogens is 124 g/mol. The summed E-state index contributed by atoms with van der Waals surface area (Å²) in [5.74, 6) is 0. The molecular formula is C5H12S2. The lowest BCUT2D eigenvalue weighted by Gasteiger charge is -2.13. The van der Waals surface area contributed by atoms with E-state index in [0.29, 0.717) is 0 Å². The van der Waals surface area contributed by atoms with Gasteiger partial charge in [0.25, 0.3) is 0 Å². The Bertz CT molecular complexity index is 44.5. The average molecular weight is 136 g/mol. The van der Waals surface area contributed by atoms with Crippen molar-refractivity contribution in [2.75, 3.05) is 0 Å². The molecule has 44 valence electrons. The van der Waals surface area contributed by atoms with Crippen LogP contribution >= 0.6 is 25.3 Å². The Kier molecular flexibility index (Phi) is 3.16. The standard InChI is InChI=1S/C5H12S2/c1-3-4-5(2,6)7/h6-7H,3-4H2,1-2H3. The van der Waals surface area contributed by atoms with Gasteiger partial charge in [-0.05, 0) is 13.3 Å². The smallest absolute Gasteiger partial charge is 0.0523 e. The minimum atomic E-state index is -0.0608. The maximum atomic E-state index is 4.20. The third kappa shape index (κ3) is 6.70. The first-order valence-electron chi connectivity index (χ1n) is 2.51. The Morgan fingerprint density at radius 3 is 1.86 bits per heavy atom. The van der Waals surface area contributed by atoms with E-state index in [0.717, 1.165) is 12.8 Å². The molecule has 0 amide bonds. The van der Waals surface area contributed by atoms with Gasteiger partial charge < -0.3 is 0 Å². The van der Waals surface area contributed by atoms with E-state index in [2.05, 4.69) is 32.2 Å². The molecule has 0 aliphatic heterocycles. The molecule has 2 heteroatoms. The molecule has 0 saturated heterocycles. The van der Waals surface area contributed by atoms with E-state index in [9.17, 15) is 0 Å². The molecule has 0 spiro atoms. The fourth-order valence-corrected chi connectivity index (χ4v) is 0.921. The van der Waals surface area contributed by atoms with Gasteiger partial charge in [-0.3, -0.25) is 0 Å². The summed E-state index contributed by atoms with van der Waals surface area (Å²) >= 11 is 8.40. The number of hydrogen-bond donors (Lipinski definition) is 2. The highest BCUT2D eigenvalue weighted by Gasteiger charge is 2.08. The summed E-state index contributed by atoms with van der Waals surface area (Å²) in [6, 6.07) is 0. The lowest BCUT2D eigenvalue weighted by molar-refractivity contribution is 0.755. The van der Waals surface area contributed by atoms with Gasteiger partial charge in [0.15, 0.2) is 0 Å². The van der Waals surface area contributed by atoms with Crippen molar-refractivity contribution in [3.63, 3.8) is 0 Å². The third-order valence-electron chi connectivity index (χ3n) is 0.724. The summed E-state index contributed by atoms with van der Waals surface area (Å²) < 4.78 is -0.0608. The van der Waals surface area contributed by atoms with Crippen LogP contribution in [0.4, 0.5) is 0 Å². The van der Waals surface area contributed by atoms with Crippen LogP contribution < -0.4 is 0 Å². The van der Waals surface area contributed by atoms with E-state index in [1.165, 1.54) is 0 Å². The normalized spacial score (nSPS) is 12.0. The van der Waals surface area contributed by atoms with Crippen LogP contribution in [0.15, 0.2) is 0 Å². The fraction of sp³-hybridized carbons (Fsp3) is 1.00. The minimum absolute atomic E-state index is 0.0608. The van der Waals surface area contributed by atoms with Crippen molar-refractivity contribution in [2.24, 2.45) is 0 Å². The van der Waals surface area contributed by atoms with E-state index in [1.54, 1.807) is 0 Å². The topological polar surface area (TPSA) is 0 Å². The molecule has 0 bridgehead atoms. The molecule has 0 heterocycles. The number of rotatable bonds is 2. The molecule has 7 heavy (non-hydrogen) atoms. The van der Waals surface area contributed by atoms with Crippen LogP contribution in [-0.2, 0) is 0 Å². The summed E-state index contributed by atoms with van der Waals surface area (Å²) in [7, 11) is 0. The van der Waals surface area contributed by atoms with Gasteiger partial charge in [0.2, 0.25) is 0 Å². The van der Waals surface area contributed by atoms with Crippen molar-refractivity contribution in [3.05, 3.63) is 0 Å². The van der Waals surface area contributed by atoms with Crippen LogP contribution in [0, 0.1) is 0 Å².